The molecular formula is C10H13ClN6S. The highest BCUT2D eigenvalue weighted by atomic mass is 35.5. The Labute approximate surface area is 115 Å². The molecule has 96 valence electrons. The third kappa shape index (κ3) is 5.70. The first-order valence-corrected chi connectivity index (χ1v) is 6.70. The van der Waals surface area contributed by atoms with Gasteiger partial charge in [0.2, 0.25) is 11.2 Å². The quantitative estimate of drug-likeness (QED) is 0.210. The summed E-state index contributed by atoms with van der Waals surface area (Å²) in [6.45, 7) is 0.713. The zero-order valence-electron chi connectivity index (χ0n) is 9.85. The molecule has 0 saturated carbocycles. The van der Waals surface area contributed by atoms with Crippen molar-refractivity contribution >= 4 is 29.3 Å². The van der Waals surface area contributed by atoms with E-state index in [0.29, 0.717) is 12.5 Å². The SMILES string of the molecule is CN=C(NC#N)NCCSCc1ccnc(Cl)n1. The van der Waals surface area contributed by atoms with E-state index >= 15 is 0 Å². The van der Waals surface area contributed by atoms with Crippen LogP contribution < -0.4 is 10.6 Å². The lowest BCUT2D eigenvalue weighted by atomic mass is 10.5. The van der Waals surface area contributed by atoms with Gasteiger partial charge in [-0.15, -0.1) is 0 Å². The predicted molar refractivity (Wildman–Crippen MR) is 73.3 cm³/mol. The second-order valence-electron chi connectivity index (χ2n) is 3.11. The molecule has 0 aliphatic heterocycles. The van der Waals surface area contributed by atoms with E-state index in [2.05, 4.69) is 25.6 Å². The molecule has 0 spiro atoms. The number of nitriles is 1. The number of hydrogen-bond acceptors (Lipinski definition) is 5. The molecule has 1 aromatic heterocycles. The third-order valence-corrected chi connectivity index (χ3v) is 3.05. The molecule has 0 amide bonds. The van der Waals surface area contributed by atoms with Crippen molar-refractivity contribution in [3.8, 4) is 6.19 Å². The summed E-state index contributed by atoms with van der Waals surface area (Å²) in [6.07, 6.45) is 3.45. The van der Waals surface area contributed by atoms with Gasteiger partial charge in [-0.1, -0.05) is 0 Å². The molecule has 0 atom stereocenters. The molecule has 0 aliphatic rings. The summed E-state index contributed by atoms with van der Waals surface area (Å²) in [5.41, 5.74) is 0.902. The van der Waals surface area contributed by atoms with Gasteiger partial charge in [-0.3, -0.25) is 10.3 Å². The first-order chi connectivity index (χ1) is 8.76. The number of aromatic nitrogens is 2. The fourth-order valence-corrected chi connectivity index (χ4v) is 2.03. The van der Waals surface area contributed by atoms with E-state index in [-0.39, 0.29) is 5.28 Å². The number of hydrogen-bond donors (Lipinski definition) is 2. The Morgan fingerprint density at radius 1 is 1.67 bits per heavy atom. The standard InChI is InChI=1S/C10H13ClN6S/c1-13-10(16-7-12)15-4-5-18-6-8-2-3-14-9(11)17-8/h2-3H,4-6H2,1H3,(H2,13,15,16). The highest BCUT2D eigenvalue weighted by Crippen LogP contribution is 2.10. The highest BCUT2D eigenvalue weighted by molar-refractivity contribution is 7.98. The minimum absolute atomic E-state index is 0.268. The van der Waals surface area contributed by atoms with Crippen molar-refractivity contribution in [1.82, 2.24) is 20.6 Å². The molecule has 1 heterocycles. The van der Waals surface area contributed by atoms with Crippen LogP contribution >= 0.6 is 23.4 Å². The Kier molecular flexibility index (Phi) is 6.91. The van der Waals surface area contributed by atoms with Crippen molar-refractivity contribution in [3.05, 3.63) is 23.2 Å². The average Bonchev–Trinajstić information content (AvgIpc) is 2.37. The fourth-order valence-electron chi connectivity index (χ4n) is 1.10. The van der Waals surface area contributed by atoms with Gasteiger partial charge in [-0.25, -0.2) is 9.97 Å². The number of halogens is 1. The summed E-state index contributed by atoms with van der Waals surface area (Å²) in [5.74, 6) is 2.12. The van der Waals surface area contributed by atoms with Gasteiger partial charge in [0.15, 0.2) is 6.19 Å². The Balaban J connectivity index is 2.18. The van der Waals surface area contributed by atoms with Crippen molar-refractivity contribution in [1.29, 1.82) is 5.26 Å². The zero-order chi connectivity index (χ0) is 13.2. The predicted octanol–water partition coefficient (Wildman–Crippen LogP) is 1.01. The minimum atomic E-state index is 0.268. The molecule has 2 N–H and O–H groups in total. The molecule has 0 fully saturated rings. The Bertz CT molecular complexity index is 444. The van der Waals surface area contributed by atoms with Gasteiger partial charge >= 0.3 is 0 Å². The first kappa shape index (κ1) is 14.5. The molecule has 1 aromatic rings. The summed E-state index contributed by atoms with van der Waals surface area (Å²) in [5, 5.41) is 14.1. The van der Waals surface area contributed by atoms with Crippen molar-refractivity contribution in [2.75, 3.05) is 19.3 Å². The summed E-state index contributed by atoms with van der Waals surface area (Å²) in [6, 6.07) is 1.84. The summed E-state index contributed by atoms with van der Waals surface area (Å²) >= 11 is 7.39. The van der Waals surface area contributed by atoms with Gasteiger partial charge < -0.3 is 5.32 Å². The van der Waals surface area contributed by atoms with E-state index < -0.39 is 0 Å². The highest BCUT2D eigenvalue weighted by Gasteiger charge is 1.98. The lowest BCUT2D eigenvalue weighted by Gasteiger charge is -2.06. The van der Waals surface area contributed by atoms with Crippen molar-refractivity contribution in [2.45, 2.75) is 5.75 Å². The number of rotatable bonds is 5. The summed E-state index contributed by atoms with van der Waals surface area (Å²) < 4.78 is 0. The van der Waals surface area contributed by atoms with Crippen LogP contribution in [0, 0.1) is 11.5 Å². The number of guanidine groups is 1. The van der Waals surface area contributed by atoms with Crippen LogP contribution in [0.1, 0.15) is 5.69 Å². The van der Waals surface area contributed by atoms with E-state index in [9.17, 15) is 0 Å². The van der Waals surface area contributed by atoms with Crippen molar-refractivity contribution in [3.63, 3.8) is 0 Å². The molecule has 1 rings (SSSR count). The van der Waals surface area contributed by atoms with E-state index in [1.54, 1.807) is 25.0 Å². The summed E-state index contributed by atoms with van der Waals surface area (Å²) in [4.78, 5) is 11.8. The minimum Gasteiger partial charge on any atom is -0.355 e. The van der Waals surface area contributed by atoms with Crippen LogP contribution in [0.5, 0.6) is 0 Å². The topological polar surface area (TPSA) is 86.0 Å². The lowest BCUT2D eigenvalue weighted by Crippen LogP contribution is -2.35. The molecule has 0 aliphatic carbocycles. The van der Waals surface area contributed by atoms with Gasteiger partial charge in [0.05, 0.1) is 5.69 Å². The van der Waals surface area contributed by atoms with E-state index in [1.807, 2.05) is 12.3 Å². The van der Waals surface area contributed by atoms with Crippen molar-refractivity contribution < 1.29 is 0 Å². The van der Waals surface area contributed by atoms with Gasteiger partial charge in [-0.05, 0) is 17.7 Å². The Morgan fingerprint density at radius 3 is 3.17 bits per heavy atom. The molecule has 18 heavy (non-hydrogen) atoms. The zero-order valence-corrected chi connectivity index (χ0v) is 11.4. The number of nitrogens with one attached hydrogen (secondary N) is 2. The monoisotopic (exact) mass is 284 g/mol. The largest absolute Gasteiger partial charge is 0.355 e. The van der Waals surface area contributed by atoms with Gasteiger partial charge in [0, 0.05) is 31.3 Å². The summed E-state index contributed by atoms with van der Waals surface area (Å²) in [7, 11) is 1.61. The third-order valence-electron chi connectivity index (χ3n) is 1.87. The van der Waals surface area contributed by atoms with Crippen molar-refractivity contribution in [2.24, 2.45) is 4.99 Å². The van der Waals surface area contributed by atoms with Gasteiger partial charge in [0.25, 0.3) is 0 Å². The maximum Gasteiger partial charge on any atom is 0.222 e. The first-order valence-electron chi connectivity index (χ1n) is 5.17. The van der Waals surface area contributed by atoms with E-state index in [0.717, 1.165) is 17.2 Å². The normalized spacial score (nSPS) is 10.8. The smallest absolute Gasteiger partial charge is 0.222 e. The van der Waals surface area contributed by atoms with Crippen LogP contribution in [0.4, 0.5) is 0 Å². The van der Waals surface area contributed by atoms with E-state index in [1.165, 1.54) is 0 Å². The Hall–Kier alpha value is -1.52. The molecule has 0 saturated heterocycles. The molecule has 0 bridgehead atoms. The lowest BCUT2D eigenvalue weighted by molar-refractivity contribution is 0.930. The van der Waals surface area contributed by atoms with E-state index in [4.69, 9.17) is 16.9 Å². The number of nitrogens with zero attached hydrogens (tertiary/aromatic N) is 4. The maximum atomic E-state index is 8.43. The molecule has 8 heteroatoms. The maximum absolute atomic E-state index is 8.43. The van der Waals surface area contributed by atoms with Crippen LogP contribution in [0.2, 0.25) is 5.28 Å². The molecule has 0 radical (unpaired) electrons. The second-order valence-corrected chi connectivity index (χ2v) is 4.55. The second kappa shape index (κ2) is 8.55. The average molecular weight is 285 g/mol. The van der Waals surface area contributed by atoms with Crippen LogP contribution in [-0.2, 0) is 5.75 Å². The van der Waals surface area contributed by atoms with Gasteiger partial charge in [-0.2, -0.15) is 17.0 Å². The van der Waals surface area contributed by atoms with Gasteiger partial charge in [0.1, 0.15) is 0 Å². The van der Waals surface area contributed by atoms with Crippen LogP contribution in [0.15, 0.2) is 17.3 Å². The molecule has 0 unspecified atom stereocenters. The fraction of sp³-hybridized carbons (Fsp3) is 0.400. The molecule has 6 nitrogen and oxygen atoms in total. The van der Waals surface area contributed by atoms with Crippen LogP contribution in [0.3, 0.4) is 0 Å². The number of aliphatic imine (C=N–C) groups is 1. The molecular weight excluding hydrogens is 272 g/mol. The molecule has 0 aromatic carbocycles. The number of thioether (sulfide) groups is 1. The Morgan fingerprint density at radius 2 is 2.50 bits per heavy atom. The van der Waals surface area contributed by atoms with Crippen LogP contribution in [0.25, 0.3) is 0 Å². The van der Waals surface area contributed by atoms with Crippen LogP contribution in [-0.4, -0.2) is 35.3 Å².